The molecule has 2 rings (SSSR count). The summed E-state index contributed by atoms with van der Waals surface area (Å²) in [5, 5.41) is 9.19. The summed E-state index contributed by atoms with van der Waals surface area (Å²) in [6, 6.07) is 4.81. The largest absolute Gasteiger partial charge is 0.508 e. The summed E-state index contributed by atoms with van der Waals surface area (Å²) < 4.78 is 0. The number of benzene rings is 1. The lowest BCUT2D eigenvalue weighted by Crippen LogP contribution is -1.97. The average molecular weight is 175 g/mol. The van der Waals surface area contributed by atoms with E-state index in [1.165, 1.54) is 0 Å². The number of nitrogens with zero attached hydrogens (tertiary/aromatic N) is 2. The van der Waals surface area contributed by atoms with E-state index in [4.69, 9.17) is 5.73 Å². The molecule has 0 radical (unpaired) electrons. The summed E-state index contributed by atoms with van der Waals surface area (Å²) in [6.45, 7) is 1.78. The summed E-state index contributed by atoms with van der Waals surface area (Å²) in [5.41, 5.74) is 7.62. The number of anilines is 1. The number of aromatic nitrogens is 2. The minimum Gasteiger partial charge on any atom is -0.508 e. The second kappa shape index (κ2) is 2.58. The quantitative estimate of drug-likeness (QED) is 0.631. The van der Waals surface area contributed by atoms with Gasteiger partial charge in [0, 0.05) is 6.07 Å². The van der Waals surface area contributed by atoms with Crippen LogP contribution in [0.3, 0.4) is 0 Å². The van der Waals surface area contributed by atoms with Crippen LogP contribution in [0.2, 0.25) is 0 Å². The first kappa shape index (κ1) is 7.79. The van der Waals surface area contributed by atoms with Crippen molar-refractivity contribution in [1.82, 2.24) is 9.97 Å². The third kappa shape index (κ3) is 1.26. The van der Waals surface area contributed by atoms with Crippen LogP contribution >= 0.6 is 0 Å². The van der Waals surface area contributed by atoms with E-state index in [1.807, 2.05) is 0 Å². The SMILES string of the molecule is Cc1nc2cc(O)ccc2nc1N. The molecule has 0 amide bonds. The smallest absolute Gasteiger partial charge is 0.145 e. The Morgan fingerprint density at radius 2 is 2.00 bits per heavy atom. The molecule has 1 aromatic carbocycles. The second-order valence-corrected chi connectivity index (χ2v) is 2.87. The second-order valence-electron chi connectivity index (χ2n) is 2.87. The molecule has 0 spiro atoms. The number of hydrogen-bond donors (Lipinski definition) is 2. The molecular formula is C9H9N3O. The molecule has 2 aromatic rings. The van der Waals surface area contributed by atoms with Crippen LogP contribution in [0.4, 0.5) is 5.82 Å². The van der Waals surface area contributed by atoms with Crippen molar-refractivity contribution in [2.24, 2.45) is 0 Å². The number of aromatic hydroxyl groups is 1. The third-order valence-corrected chi connectivity index (χ3v) is 1.86. The van der Waals surface area contributed by atoms with Crippen molar-refractivity contribution in [3.8, 4) is 5.75 Å². The maximum atomic E-state index is 9.19. The first-order valence-electron chi connectivity index (χ1n) is 3.89. The van der Waals surface area contributed by atoms with E-state index in [0.29, 0.717) is 22.5 Å². The summed E-state index contributed by atoms with van der Waals surface area (Å²) in [5.74, 6) is 0.615. The molecule has 0 saturated heterocycles. The number of nitrogens with two attached hydrogens (primary N) is 1. The third-order valence-electron chi connectivity index (χ3n) is 1.86. The van der Waals surface area contributed by atoms with E-state index in [-0.39, 0.29) is 5.75 Å². The fraction of sp³-hybridized carbons (Fsp3) is 0.111. The van der Waals surface area contributed by atoms with Gasteiger partial charge in [0.15, 0.2) is 0 Å². The van der Waals surface area contributed by atoms with Gasteiger partial charge in [-0.05, 0) is 19.1 Å². The molecule has 0 atom stereocenters. The summed E-state index contributed by atoms with van der Waals surface area (Å²) >= 11 is 0. The van der Waals surface area contributed by atoms with Crippen LogP contribution in [-0.4, -0.2) is 15.1 Å². The fourth-order valence-electron chi connectivity index (χ4n) is 1.14. The summed E-state index contributed by atoms with van der Waals surface area (Å²) in [6.07, 6.45) is 0. The van der Waals surface area contributed by atoms with E-state index in [1.54, 1.807) is 25.1 Å². The van der Waals surface area contributed by atoms with Gasteiger partial charge in [0.1, 0.15) is 11.6 Å². The Hall–Kier alpha value is -1.84. The monoisotopic (exact) mass is 175 g/mol. The van der Waals surface area contributed by atoms with Crippen molar-refractivity contribution in [2.75, 3.05) is 5.73 Å². The minimum absolute atomic E-state index is 0.186. The van der Waals surface area contributed by atoms with Gasteiger partial charge in [0.25, 0.3) is 0 Å². The average Bonchev–Trinajstić information content (AvgIpc) is 2.08. The molecule has 0 aliphatic heterocycles. The Kier molecular flexibility index (Phi) is 1.55. The molecule has 13 heavy (non-hydrogen) atoms. The van der Waals surface area contributed by atoms with E-state index in [9.17, 15) is 5.11 Å². The number of hydrogen-bond acceptors (Lipinski definition) is 4. The Morgan fingerprint density at radius 3 is 2.77 bits per heavy atom. The molecule has 3 N–H and O–H groups in total. The predicted octanol–water partition coefficient (Wildman–Crippen LogP) is 1.23. The van der Waals surface area contributed by atoms with Gasteiger partial charge in [0.2, 0.25) is 0 Å². The van der Waals surface area contributed by atoms with Gasteiger partial charge in [-0.25, -0.2) is 9.97 Å². The van der Waals surface area contributed by atoms with E-state index in [2.05, 4.69) is 9.97 Å². The number of phenols is 1. The van der Waals surface area contributed by atoms with E-state index >= 15 is 0 Å². The molecule has 0 bridgehead atoms. The van der Waals surface area contributed by atoms with Gasteiger partial charge in [-0.2, -0.15) is 0 Å². The Bertz CT molecular complexity index is 468. The van der Waals surface area contributed by atoms with Crippen molar-refractivity contribution in [3.05, 3.63) is 23.9 Å². The lowest BCUT2D eigenvalue weighted by molar-refractivity contribution is 0.476. The number of nitrogen functional groups attached to an aromatic ring is 1. The van der Waals surface area contributed by atoms with Crippen molar-refractivity contribution in [2.45, 2.75) is 6.92 Å². The summed E-state index contributed by atoms with van der Waals surface area (Å²) in [4.78, 5) is 8.31. The maximum Gasteiger partial charge on any atom is 0.145 e. The van der Waals surface area contributed by atoms with Gasteiger partial charge < -0.3 is 10.8 Å². The highest BCUT2D eigenvalue weighted by Crippen LogP contribution is 2.18. The molecular weight excluding hydrogens is 166 g/mol. The van der Waals surface area contributed by atoms with Crippen LogP contribution in [0.1, 0.15) is 5.69 Å². The van der Waals surface area contributed by atoms with Crippen LogP contribution in [-0.2, 0) is 0 Å². The molecule has 66 valence electrons. The molecule has 4 nitrogen and oxygen atoms in total. The lowest BCUT2D eigenvalue weighted by Gasteiger charge is -2.01. The number of rotatable bonds is 0. The van der Waals surface area contributed by atoms with Crippen LogP contribution in [0.5, 0.6) is 5.75 Å². The van der Waals surface area contributed by atoms with Crippen LogP contribution in [0, 0.1) is 6.92 Å². The molecule has 1 heterocycles. The van der Waals surface area contributed by atoms with Gasteiger partial charge in [-0.15, -0.1) is 0 Å². The van der Waals surface area contributed by atoms with Gasteiger partial charge >= 0.3 is 0 Å². The maximum absolute atomic E-state index is 9.19. The topological polar surface area (TPSA) is 72.0 Å². The first-order chi connectivity index (χ1) is 6.16. The minimum atomic E-state index is 0.186. The Labute approximate surface area is 75.1 Å². The van der Waals surface area contributed by atoms with Crippen LogP contribution in [0.15, 0.2) is 18.2 Å². The number of aryl methyl sites for hydroxylation is 1. The molecule has 0 fully saturated rings. The summed E-state index contributed by atoms with van der Waals surface area (Å²) in [7, 11) is 0. The molecule has 0 unspecified atom stereocenters. The molecule has 0 aliphatic rings. The predicted molar refractivity (Wildman–Crippen MR) is 50.4 cm³/mol. The van der Waals surface area contributed by atoms with E-state index in [0.717, 1.165) is 0 Å². The van der Waals surface area contributed by atoms with Crippen molar-refractivity contribution in [1.29, 1.82) is 0 Å². The highest BCUT2D eigenvalue weighted by atomic mass is 16.3. The normalized spacial score (nSPS) is 10.5. The van der Waals surface area contributed by atoms with Crippen molar-refractivity contribution < 1.29 is 5.11 Å². The zero-order chi connectivity index (χ0) is 9.42. The Morgan fingerprint density at radius 1 is 1.23 bits per heavy atom. The van der Waals surface area contributed by atoms with Crippen LogP contribution < -0.4 is 5.73 Å². The van der Waals surface area contributed by atoms with Gasteiger partial charge in [-0.1, -0.05) is 0 Å². The lowest BCUT2D eigenvalue weighted by atomic mass is 10.2. The highest BCUT2D eigenvalue weighted by Gasteiger charge is 2.01. The standard InChI is InChI=1S/C9H9N3O/c1-5-9(10)12-7-3-2-6(13)4-8(7)11-5/h2-4,13H,1H3,(H2,10,12). The van der Waals surface area contributed by atoms with Gasteiger partial charge in [0.05, 0.1) is 16.7 Å². The van der Waals surface area contributed by atoms with Crippen LogP contribution in [0.25, 0.3) is 11.0 Å². The Balaban J connectivity index is 2.81. The zero-order valence-electron chi connectivity index (χ0n) is 7.15. The fourth-order valence-corrected chi connectivity index (χ4v) is 1.14. The van der Waals surface area contributed by atoms with Gasteiger partial charge in [-0.3, -0.25) is 0 Å². The zero-order valence-corrected chi connectivity index (χ0v) is 7.15. The highest BCUT2D eigenvalue weighted by molar-refractivity contribution is 5.77. The molecule has 0 saturated carbocycles. The number of phenolic OH excluding ortho intramolecular Hbond substituents is 1. The molecule has 4 heteroatoms. The number of fused-ring (bicyclic) bond motifs is 1. The van der Waals surface area contributed by atoms with Crippen molar-refractivity contribution in [3.63, 3.8) is 0 Å². The molecule has 0 aliphatic carbocycles. The molecule has 1 aromatic heterocycles. The van der Waals surface area contributed by atoms with E-state index < -0.39 is 0 Å². The van der Waals surface area contributed by atoms with Crippen molar-refractivity contribution >= 4 is 16.9 Å². The first-order valence-corrected chi connectivity index (χ1v) is 3.89.